The maximum absolute atomic E-state index is 4.57. The van der Waals surface area contributed by atoms with Crippen molar-refractivity contribution in [3.63, 3.8) is 0 Å². The molecule has 6 nitrogen and oxygen atoms in total. The summed E-state index contributed by atoms with van der Waals surface area (Å²) in [6, 6.07) is 8.73. The minimum Gasteiger partial charge on any atom is -0.324 e. The van der Waals surface area contributed by atoms with Gasteiger partial charge in [-0.2, -0.15) is 0 Å². The van der Waals surface area contributed by atoms with Gasteiger partial charge in [0.05, 0.1) is 6.20 Å². The van der Waals surface area contributed by atoms with Crippen LogP contribution in [0, 0.1) is 0 Å². The number of hydrogen-bond donors (Lipinski definition) is 1. The summed E-state index contributed by atoms with van der Waals surface area (Å²) < 4.78 is 0. The van der Waals surface area contributed by atoms with Gasteiger partial charge in [0.25, 0.3) is 0 Å². The number of rotatable bonds is 5. The van der Waals surface area contributed by atoms with Crippen LogP contribution in [0.5, 0.6) is 0 Å². The molecule has 0 amide bonds. The van der Waals surface area contributed by atoms with E-state index in [0.29, 0.717) is 11.9 Å². The largest absolute Gasteiger partial charge is 0.324 e. The molecule has 1 unspecified atom stereocenters. The molecule has 4 rings (SSSR count). The van der Waals surface area contributed by atoms with Crippen LogP contribution in [0.3, 0.4) is 0 Å². The molecule has 132 valence electrons. The Morgan fingerprint density at radius 1 is 0.923 bits per heavy atom. The molecule has 6 heteroatoms. The van der Waals surface area contributed by atoms with Gasteiger partial charge in [-0.05, 0) is 42.6 Å². The first-order valence-corrected chi connectivity index (χ1v) is 9.00. The van der Waals surface area contributed by atoms with Crippen molar-refractivity contribution in [1.82, 2.24) is 24.8 Å². The molecule has 3 aromatic rings. The molecule has 4 heterocycles. The lowest BCUT2D eigenvalue weighted by molar-refractivity contribution is 0.140. The molecule has 0 aromatic carbocycles. The number of aromatic nitrogens is 4. The van der Waals surface area contributed by atoms with Crippen molar-refractivity contribution < 1.29 is 0 Å². The van der Waals surface area contributed by atoms with Crippen LogP contribution >= 0.6 is 0 Å². The number of piperidine rings is 1. The number of anilines is 2. The SMILES string of the molecule is c1cncc(CN2CCCCC2c2ccc(Nc3cnccn3)nc2)c1. The number of nitrogens with zero attached hydrogens (tertiary/aromatic N) is 5. The van der Waals surface area contributed by atoms with Crippen molar-refractivity contribution >= 4 is 11.6 Å². The van der Waals surface area contributed by atoms with Crippen molar-refractivity contribution in [2.24, 2.45) is 0 Å². The van der Waals surface area contributed by atoms with Crippen LogP contribution in [0.25, 0.3) is 0 Å². The van der Waals surface area contributed by atoms with Crippen molar-refractivity contribution in [3.8, 4) is 0 Å². The second-order valence-electron chi connectivity index (χ2n) is 6.54. The second-order valence-corrected chi connectivity index (χ2v) is 6.54. The van der Waals surface area contributed by atoms with E-state index in [0.717, 1.165) is 18.9 Å². The van der Waals surface area contributed by atoms with E-state index in [2.05, 4.69) is 42.3 Å². The first kappa shape index (κ1) is 16.6. The van der Waals surface area contributed by atoms with Crippen molar-refractivity contribution in [2.75, 3.05) is 11.9 Å². The zero-order valence-electron chi connectivity index (χ0n) is 14.6. The third-order valence-electron chi connectivity index (χ3n) is 4.71. The van der Waals surface area contributed by atoms with Crippen LogP contribution in [-0.4, -0.2) is 31.4 Å². The van der Waals surface area contributed by atoms with Gasteiger partial charge < -0.3 is 5.32 Å². The first-order valence-electron chi connectivity index (χ1n) is 9.00. The van der Waals surface area contributed by atoms with Gasteiger partial charge in [-0.3, -0.25) is 14.9 Å². The third kappa shape index (κ3) is 4.03. The van der Waals surface area contributed by atoms with Crippen LogP contribution < -0.4 is 5.32 Å². The number of likely N-dealkylation sites (tertiary alicyclic amines) is 1. The van der Waals surface area contributed by atoms with Crippen molar-refractivity contribution in [1.29, 1.82) is 0 Å². The van der Waals surface area contributed by atoms with Gasteiger partial charge >= 0.3 is 0 Å². The smallest absolute Gasteiger partial charge is 0.150 e. The Balaban J connectivity index is 1.47. The zero-order chi connectivity index (χ0) is 17.6. The van der Waals surface area contributed by atoms with Gasteiger partial charge in [0.15, 0.2) is 0 Å². The topological polar surface area (TPSA) is 66.8 Å². The van der Waals surface area contributed by atoms with E-state index in [-0.39, 0.29) is 0 Å². The van der Waals surface area contributed by atoms with E-state index in [1.54, 1.807) is 18.6 Å². The zero-order valence-corrected chi connectivity index (χ0v) is 14.6. The van der Waals surface area contributed by atoms with E-state index in [1.165, 1.54) is 30.4 Å². The van der Waals surface area contributed by atoms with Gasteiger partial charge in [0.2, 0.25) is 0 Å². The highest BCUT2D eigenvalue weighted by molar-refractivity contribution is 5.50. The summed E-state index contributed by atoms with van der Waals surface area (Å²) in [5.41, 5.74) is 2.52. The summed E-state index contributed by atoms with van der Waals surface area (Å²) in [6.45, 7) is 2.04. The Bertz CT molecular complexity index is 807. The normalized spacial score (nSPS) is 17.8. The van der Waals surface area contributed by atoms with E-state index >= 15 is 0 Å². The lowest BCUT2D eigenvalue weighted by Crippen LogP contribution is -2.33. The number of hydrogen-bond acceptors (Lipinski definition) is 6. The fraction of sp³-hybridized carbons (Fsp3) is 0.300. The van der Waals surface area contributed by atoms with Gasteiger partial charge in [-0.1, -0.05) is 18.6 Å². The Kier molecular flexibility index (Phi) is 5.12. The lowest BCUT2D eigenvalue weighted by Gasteiger charge is -2.36. The molecular formula is C20H22N6. The Morgan fingerprint density at radius 3 is 2.65 bits per heavy atom. The lowest BCUT2D eigenvalue weighted by atomic mass is 9.96. The number of nitrogens with one attached hydrogen (secondary N) is 1. The monoisotopic (exact) mass is 346 g/mol. The molecule has 1 aliphatic heterocycles. The second kappa shape index (κ2) is 8.01. The molecule has 1 atom stereocenters. The maximum atomic E-state index is 4.57. The van der Waals surface area contributed by atoms with E-state index < -0.39 is 0 Å². The molecule has 1 N–H and O–H groups in total. The average Bonchev–Trinajstić information content (AvgIpc) is 2.71. The minimum absolute atomic E-state index is 0.405. The van der Waals surface area contributed by atoms with E-state index in [9.17, 15) is 0 Å². The molecule has 1 fully saturated rings. The van der Waals surface area contributed by atoms with Gasteiger partial charge in [-0.15, -0.1) is 0 Å². The Labute approximate surface area is 153 Å². The third-order valence-corrected chi connectivity index (χ3v) is 4.71. The van der Waals surface area contributed by atoms with E-state index in [1.807, 2.05) is 30.7 Å². The first-order chi connectivity index (χ1) is 12.9. The Hall–Kier alpha value is -2.86. The van der Waals surface area contributed by atoms with Crippen LogP contribution in [0.15, 0.2) is 61.4 Å². The molecule has 0 spiro atoms. The molecule has 1 saturated heterocycles. The standard InChI is InChI=1S/C20H22N6/c1-2-11-26(15-16-4-3-8-21-12-16)18(5-1)17-6-7-19(24-13-17)25-20-14-22-9-10-23-20/h3-4,6-10,12-14,18H,1-2,5,11,15H2,(H,23,24,25). The summed E-state index contributed by atoms with van der Waals surface area (Å²) in [4.78, 5) is 19.6. The maximum Gasteiger partial charge on any atom is 0.150 e. The fourth-order valence-electron chi connectivity index (χ4n) is 3.46. The molecule has 3 aromatic heterocycles. The molecule has 26 heavy (non-hydrogen) atoms. The summed E-state index contributed by atoms with van der Waals surface area (Å²) in [5, 5.41) is 3.18. The predicted octanol–water partition coefficient (Wildman–Crippen LogP) is 3.74. The van der Waals surface area contributed by atoms with Gasteiger partial charge in [0.1, 0.15) is 11.6 Å². The molecule has 0 saturated carbocycles. The van der Waals surface area contributed by atoms with E-state index in [4.69, 9.17) is 0 Å². The van der Waals surface area contributed by atoms with Crippen LogP contribution in [0.4, 0.5) is 11.6 Å². The summed E-state index contributed by atoms with van der Waals surface area (Å²) in [6.07, 6.45) is 14.4. The molecule has 0 bridgehead atoms. The highest BCUT2D eigenvalue weighted by Gasteiger charge is 2.24. The Morgan fingerprint density at radius 2 is 1.88 bits per heavy atom. The highest BCUT2D eigenvalue weighted by atomic mass is 15.2. The van der Waals surface area contributed by atoms with Crippen molar-refractivity contribution in [3.05, 3.63) is 72.6 Å². The molecule has 0 aliphatic carbocycles. The summed E-state index contributed by atoms with van der Waals surface area (Å²) in [5.74, 6) is 1.48. The molecular weight excluding hydrogens is 324 g/mol. The summed E-state index contributed by atoms with van der Waals surface area (Å²) >= 11 is 0. The average molecular weight is 346 g/mol. The van der Waals surface area contributed by atoms with Crippen molar-refractivity contribution in [2.45, 2.75) is 31.8 Å². The predicted molar refractivity (Wildman–Crippen MR) is 101 cm³/mol. The molecule has 1 aliphatic rings. The highest BCUT2D eigenvalue weighted by Crippen LogP contribution is 2.32. The van der Waals surface area contributed by atoms with Gasteiger partial charge in [-0.25, -0.2) is 9.97 Å². The fourth-order valence-corrected chi connectivity index (χ4v) is 3.46. The van der Waals surface area contributed by atoms with Crippen LogP contribution in [0.1, 0.15) is 36.4 Å². The van der Waals surface area contributed by atoms with Crippen LogP contribution in [-0.2, 0) is 6.54 Å². The summed E-state index contributed by atoms with van der Waals surface area (Å²) in [7, 11) is 0. The van der Waals surface area contributed by atoms with Gasteiger partial charge in [0, 0.05) is 43.6 Å². The minimum atomic E-state index is 0.405. The molecule has 0 radical (unpaired) electrons. The quantitative estimate of drug-likeness (QED) is 0.759. The number of pyridine rings is 2. The van der Waals surface area contributed by atoms with Crippen LogP contribution in [0.2, 0.25) is 0 Å².